The lowest BCUT2D eigenvalue weighted by molar-refractivity contribution is 0.0548. The summed E-state index contributed by atoms with van der Waals surface area (Å²) < 4.78 is 5.01. The van der Waals surface area contributed by atoms with Crippen molar-refractivity contribution in [1.29, 1.82) is 5.26 Å². The van der Waals surface area contributed by atoms with E-state index in [-0.39, 0.29) is 0 Å². The van der Waals surface area contributed by atoms with Gasteiger partial charge in [-0.3, -0.25) is 5.32 Å². The SMILES string of the molecule is C=C(/C=C(/C#N)NC)NC(=O)OC(C)(C)C. The standard InChI is InChI=1S/C11H17N3O2/c1-8(6-9(7-12)13-5)14-10(15)16-11(2,3)4/h6,13H,1H2,2-5H3,(H,14,15)/b9-6-. The number of ether oxygens (including phenoxy) is 1. The number of nitrogens with one attached hydrogen (secondary N) is 2. The van der Waals surface area contributed by atoms with Crippen molar-refractivity contribution in [1.82, 2.24) is 10.6 Å². The van der Waals surface area contributed by atoms with E-state index < -0.39 is 11.7 Å². The second-order valence-corrected chi connectivity index (χ2v) is 4.07. The van der Waals surface area contributed by atoms with Gasteiger partial charge >= 0.3 is 6.09 Å². The van der Waals surface area contributed by atoms with Crippen LogP contribution in [-0.4, -0.2) is 18.7 Å². The molecule has 1 amide bonds. The highest BCUT2D eigenvalue weighted by Crippen LogP contribution is 2.07. The first kappa shape index (κ1) is 14.0. The quantitative estimate of drug-likeness (QED) is 0.563. The van der Waals surface area contributed by atoms with Gasteiger partial charge in [-0.25, -0.2) is 4.79 Å². The summed E-state index contributed by atoms with van der Waals surface area (Å²) in [6.45, 7) is 8.87. The summed E-state index contributed by atoms with van der Waals surface area (Å²) in [5.41, 5.74) is 0.0380. The fourth-order valence-electron chi connectivity index (χ4n) is 0.805. The Morgan fingerprint density at radius 3 is 2.44 bits per heavy atom. The van der Waals surface area contributed by atoms with E-state index in [0.29, 0.717) is 11.4 Å². The fraction of sp³-hybridized carbons (Fsp3) is 0.455. The van der Waals surface area contributed by atoms with Crippen LogP contribution < -0.4 is 10.6 Å². The normalized spacial score (nSPS) is 11.3. The largest absolute Gasteiger partial charge is 0.444 e. The maximum atomic E-state index is 11.3. The second kappa shape index (κ2) is 5.81. The lowest BCUT2D eigenvalue weighted by Crippen LogP contribution is -2.31. The minimum absolute atomic E-state index is 0.292. The molecule has 2 N–H and O–H groups in total. The Morgan fingerprint density at radius 1 is 1.50 bits per heavy atom. The van der Waals surface area contributed by atoms with Crippen LogP contribution >= 0.6 is 0 Å². The van der Waals surface area contributed by atoms with Gasteiger partial charge in [0.2, 0.25) is 0 Å². The molecule has 0 spiro atoms. The van der Waals surface area contributed by atoms with Gasteiger partial charge in [0, 0.05) is 12.7 Å². The van der Waals surface area contributed by atoms with E-state index in [1.165, 1.54) is 6.08 Å². The van der Waals surface area contributed by atoms with Crippen LogP contribution in [0.3, 0.4) is 0 Å². The monoisotopic (exact) mass is 223 g/mol. The molecule has 0 bridgehead atoms. The van der Waals surface area contributed by atoms with E-state index in [0.717, 1.165) is 0 Å². The summed E-state index contributed by atoms with van der Waals surface area (Å²) in [5, 5.41) is 13.7. The Kier molecular flexibility index (Phi) is 5.10. The fourth-order valence-corrected chi connectivity index (χ4v) is 0.805. The molecule has 5 heteroatoms. The van der Waals surface area contributed by atoms with Gasteiger partial charge in [0.25, 0.3) is 0 Å². The highest BCUT2D eigenvalue weighted by molar-refractivity contribution is 5.70. The first-order valence-electron chi connectivity index (χ1n) is 4.77. The van der Waals surface area contributed by atoms with Crippen molar-refractivity contribution in [2.24, 2.45) is 0 Å². The molecule has 0 saturated heterocycles. The molecule has 0 aliphatic heterocycles. The van der Waals surface area contributed by atoms with Gasteiger partial charge in [-0.2, -0.15) is 5.26 Å². The first-order valence-corrected chi connectivity index (χ1v) is 4.77. The maximum absolute atomic E-state index is 11.3. The highest BCUT2D eigenvalue weighted by atomic mass is 16.6. The topological polar surface area (TPSA) is 74.2 Å². The average molecular weight is 223 g/mol. The molecule has 0 aliphatic carbocycles. The molecular weight excluding hydrogens is 206 g/mol. The summed E-state index contributed by atoms with van der Waals surface area (Å²) in [7, 11) is 1.61. The summed E-state index contributed by atoms with van der Waals surface area (Å²) in [4.78, 5) is 11.3. The van der Waals surface area contributed by atoms with E-state index >= 15 is 0 Å². The van der Waals surface area contributed by atoms with E-state index in [2.05, 4.69) is 17.2 Å². The molecule has 0 unspecified atom stereocenters. The lowest BCUT2D eigenvalue weighted by atomic mass is 10.2. The van der Waals surface area contributed by atoms with Crippen molar-refractivity contribution in [3.8, 4) is 6.07 Å². The van der Waals surface area contributed by atoms with E-state index in [4.69, 9.17) is 10.00 Å². The van der Waals surface area contributed by atoms with Gasteiger partial charge in [-0.15, -0.1) is 0 Å². The molecule has 5 nitrogen and oxygen atoms in total. The maximum Gasteiger partial charge on any atom is 0.412 e. The molecule has 0 fully saturated rings. The third kappa shape index (κ3) is 6.49. The zero-order chi connectivity index (χ0) is 12.8. The summed E-state index contributed by atoms with van der Waals surface area (Å²) in [6.07, 6.45) is 0.825. The summed E-state index contributed by atoms with van der Waals surface area (Å²) >= 11 is 0. The number of nitriles is 1. The molecule has 0 aliphatic rings. The van der Waals surface area contributed by atoms with Gasteiger partial charge in [0.1, 0.15) is 17.4 Å². The van der Waals surface area contributed by atoms with Gasteiger partial charge in [-0.05, 0) is 26.8 Å². The van der Waals surface area contributed by atoms with Gasteiger partial charge in [0.15, 0.2) is 0 Å². The van der Waals surface area contributed by atoms with Gasteiger partial charge in [-0.1, -0.05) is 6.58 Å². The van der Waals surface area contributed by atoms with Gasteiger partial charge < -0.3 is 10.1 Å². The second-order valence-electron chi connectivity index (χ2n) is 4.07. The van der Waals surface area contributed by atoms with Crippen LogP contribution in [0, 0.1) is 11.3 Å². The molecule has 0 heterocycles. The van der Waals surface area contributed by atoms with E-state index in [1.807, 2.05) is 6.07 Å². The number of rotatable bonds is 3. The van der Waals surface area contributed by atoms with Crippen LogP contribution in [0.5, 0.6) is 0 Å². The number of allylic oxidation sites excluding steroid dienone is 2. The van der Waals surface area contributed by atoms with E-state index in [1.54, 1.807) is 27.8 Å². The Morgan fingerprint density at radius 2 is 2.06 bits per heavy atom. The number of carbonyl (C=O) groups is 1. The number of alkyl carbamates (subject to hydrolysis) is 1. The van der Waals surface area contributed by atoms with Crippen LogP contribution in [0.1, 0.15) is 20.8 Å². The third-order valence-corrected chi connectivity index (χ3v) is 1.37. The molecule has 0 aromatic rings. The predicted octanol–water partition coefficient (Wildman–Crippen LogP) is 1.65. The number of hydrogen-bond donors (Lipinski definition) is 2. The zero-order valence-corrected chi connectivity index (χ0v) is 10.0. The molecule has 0 saturated carbocycles. The van der Waals surface area contributed by atoms with Crippen molar-refractivity contribution in [2.75, 3.05) is 7.05 Å². The van der Waals surface area contributed by atoms with Crippen LogP contribution in [0.25, 0.3) is 0 Å². The molecule has 0 rings (SSSR count). The third-order valence-electron chi connectivity index (χ3n) is 1.37. The van der Waals surface area contributed by atoms with Crippen LogP contribution in [0.4, 0.5) is 4.79 Å². The molecular formula is C11H17N3O2. The Labute approximate surface area is 95.8 Å². The molecule has 0 atom stereocenters. The summed E-state index contributed by atoms with van der Waals surface area (Å²) in [5.74, 6) is 0. The van der Waals surface area contributed by atoms with E-state index in [9.17, 15) is 4.79 Å². The Bertz CT molecular complexity index is 345. The molecule has 16 heavy (non-hydrogen) atoms. The minimum atomic E-state index is -0.595. The van der Waals surface area contributed by atoms with Gasteiger partial charge in [0.05, 0.1) is 0 Å². The zero-order valence-electron chi connectivity index (χ0n) is 10.0. The van der Waals surface area contributed by atoms with Crippen molar-refractivity contribution in [3.63, 3.8) is 0 Å². The number of nitrogens with zero attached hydrogens (tertiary/aromatic N) is 1. The van der Waals surface area contributed by atoms with Crippen LogP contribution in [-0.2, 0) is 4.74 Å². The van der Waals surface area contributed by atoms with Crippen LogP contribution in [0.2, 0.25) is 0 Å². The average Bonchev–Trinajstić information content (AvgIpc) is 2.10. The predicted molar refractivity (Wildman–Crippen MR) is 61.3 cm³/mol. The molecule has 0 radical (unpaired) electrons. The number of carbonyl (C=O) groups excluding carboxylic acids is 1. The molecule has 0 aromatic heterocycles. The molecule has 88 valence electrons. The molecule has 0 aromatic carbocycles. The Hall–Kier alpha value is -1.96. The first-order chi connectivity index (χ1) is 7.28. The number of amides is 1. The minimum Gasteiger partial charge on any atom is -0.444 e. The van der Waals surface area contributed by atoms with Crippen LogP contribution in [0.15, 0.2) is 24.0 Å². The highest BCUT2D eigenvalue weighted by Gasteiger charge is 2.15. The summed E-state index contributed by atoms with van der Waals surface area (Å²) in [6, 6.07) is 1.90. The number of hydrogen-bond acceptors (Lipinski definition) is 4. The van der Waals surface area contributed by atoms with Crippen molar-refractivity contribution < 1.29 is 9.53 Å². The van der Waals surface area contributed by atoms with Crippen molar-refractivity contribution in [3.05, 3.63) is 24.0 Å². The Balaban J connectivity index is 4.33. The van der Waals surface area contributed by atoms with Crippen molar-refractivity contribution in [2.45, 2.75) is 26.4 Å². The lowest BCUT2D eigenvalue weighted by Gasteiger charge is -2.19. The smallest absolute Gasteiger partial charge is 0.412 e. The van der Waals surface area contributed by atoms with Crippen molar-refractivity contribution >= 4 is 6.09 Å².